The second kappa shape index (κ2) is 5.07. The van der Waals surface area contributed by atoms with Crippen LogP contribution < -0.4 is 4.74 Å². The summed E-state index contributed by atoms with van der Waals surface area (Å²) in [4.78, 5) is 25.2. The average molecular weight is 306 g/mol. The fourth-order valence-electron chi connectivity index (χ4n) is 3.37. The van der Waals surface area contributed by atoms with Gasteiger partial charge in [0, 0.05) is 12.5 Å². The number of rotatable bonds is 2. The summed E-state index contributed by atoms with van der Waals surface area (Å²) in [5.41, 5.74) is 0.177. The van der Waals surface area contributed by atoms with Crippen molar-refractivity contribution in [1.82, 2.24) is 0 Å². The minimum Gasteiger partial charge on any atom is -0.508 e. The second-order valence-electron chi connectivity index (χ2n) is 6.10. The first-order valence-electron chi connectivity index (χ1n) is 7.32. The molecule has 1 fully saturated rings. The zero-order valence-corrected chi connectivity index (χ0v) is 12.2. The molecule has 1 aliphatic carbocycles. The molecular weight excluding hydrogens is 288 g/mol. The van der Waals surface area contributed by atoms with Crippen molar-refractivity contribution in [1.29, 1.82) is 0 Å². The molecule has 0 aromatic heterocycles. The maximum Gasteiger partial charge on any atom is 0.278 e. The van der Waals surface area contributed by atoms with Gasteiger partial charge in [-0.3, -0.25) is 9.59 Å². The zero-order valence-electron chi connectivity index (χ0n) is 12.2. The van der Waals surface area contributed by atoms with Gasteiger partial charge in [-0.15, -0.1) is 0 Å². The monoisotopic (exact) mass is 306 g/mol. The maximum absolute atomic E-state index is 12.6. The number of aliphatic hydroxyl groups is 2. The number of ketones is 2. The van der Waals surface area contributed by atoms with Gasteiger partial charge in [-0.1, -0.05) is 6.92 Å². The Balaban J connectivity index is 2.02. The van der Waals surface area contributed by atoms with Crippen LogP contribution in [0.15, 0.2) is 18.2 Å². The van der Waals surface area contributed by atoms with Gasteiger partial charge < -0.3 is 20.1 Å². The molecule has 1 aliphatic heterocycles. The highest BCUT2D eigenvalue weighted by Gasteiger charge is 2.58. The molecule has 4 atom stereocenters. The molecule has 4 unspecified atom stereocenters. The van der Waals surface area contributed by atoms with Crippen LogP contribution in [0.4, 0.5) is 0 Å². The van der Waals surface area contributed by atoms with Gasteiger partial charge in [0.2, 0.25) is 5.78 Å². The Morgan fingerprint density at radius 1 is 1.36 bits per heavy atom. The summed E-state index contributed by atoms with van der Waals surface area (Å²) in [5.74, 6) is -4.96. The van der Waals surface area contributed by atoms with Crippen LogP contribution in [0.3, 0.4) is 0 Å². The lowest BCUT2D eigenvalue weighted by atomic mass is 9.68. The average Bonchev–Trinajstić information content (AvgIpc) is 2.49. The van der Waals surface area contributed by atoms with Crippen molar-refractivity contribution in [3.05, 3.63) is 23.8 Å². The van der Waals surface area contributed by atoms with Crippen molar-refractivity contribution in [2.75, 3.05) is 6.61 Å². The molecule has 6 heteroatoms. The fraction of sp³-hybridized carbons (Fsp3) is 0.500. The summed E-state index contributed by atoms with van der Waals surface area (Å²) >= 11 is 0. The standard InChI is InChI=1S/C16H18O6/c1-8(7-17)10-3-4-12-14(19)11-6-9(18)2-5-13(11)22-16(12,21)15(10)20/h2,5-6,8,10,12,17-18,21H,3-4,7H2,1H3. The third-order valence-corrected chi connectivity index (χ3v) is 4.71. The number of Topliss-reactive ketones (excluding diaryl/α,β-unsaturated/α-hetero) is 2. The van der Waals surface area contributed by atoms with Gasteiger partial charge in [0.15, 0.2) is 5.78 Å². The summed E-state index contributed by atoms with van der Waals surface area (Å²) in [6.07, 6.45) is 0.710. The molecule has 22 heavy (non-hydrogen) atoms. The number of ether oxygens (including phenoxy) is 1. The van der Waals surface area contributed by atoms with Gasteiger partial charge in [0.1, 0.15) is 11.5 Å². The van der Waals surface area contributed by atoms with Crippen LogP contribution in [0, 0.1) is 17.8 Å². The molecule has 6 nitrogen and oxygen atoms in total. The Morgan fingerprint density at radius 3 is 2.77 bits per heavy atom. The molecular formula is C16H18O6. The van der Waals surface area contributed by atoms with E-state index in [1.54, 1.807) is 6.92 Å². The molecule has 2 aliphatic rings. The molecule has 3 rings (SSSR count). The normalized spacial score (nSPS) is 32.0. The SMILES string of the molecule is CC(CO)C1CCC2C(=O)c3cc(O)ccc3OC2(O)C1=O. The minimum atomic E-state index is -2.19. The molecule has 118 valence electrons. The van der Waals surface area contributed by atoms with Crippen molar-refractivity contribution in [2.45, 2.75) is 25.6 Å². The van der Waals surface area contributed by atoms with E-state index >= 15 is 0 Å². The van der Waals surface area contributed by atoms with Gasteiger partial charge in [0.05, 0.1) is 11.5 Å². The van der Waals surface area contributed by atoms with Crippen LogP contribution in [0.2, 0.25) is 0 Å². The fourth-order valence-corrected chi connectivity index (χ4v) is 3.37. The summed E-state index contributed by atoms with van der Waals surface area (Å²) in [5, 5.41) is 29.5. The van der Waals surface area contributed by atoms with Crippen LogP contribution >= 0.6 is 0 Å². The van der Waals surface area contributed by atoms with E-state index in [1.165, 1.54) is 18.2 Å². The lowest BCUT2D eigenvalue weighted by Gasteiger charge is -2.44. The van der Waals surface area contributed by atoms with Crippen LogP contribution in [0.5, 0.6) is 11.5 Å². The van der Waals surface area contributed by atoms with Crippen molar-refractivity contribution >= 4 is 11.6 Å². The van der Waals surface area contributed by atoms with Crippen molar-refractivity contribution in [3.63, 3.8) is 0 Å². The largest absolute Gasteiger partial charge is 0.508 e. The van der Waals surface area contributed by atoms with Gasteiger partial charge in [0.25, 0.3) is 5.79 Å². The van der Waals surface area contributed by atoms with Crippen molar-refractivity contribution < 1.29 is 29.6 Å². The van der Waals surface area contributed by atoms with E-state index in [9.17, 15) is 24.9 Å². The molecule has 3 N–H and O–H groups in total. The van der Waals surface area contributed by atoms with E-state index in [0.29, 0.717) is 12.8 Å². The van der Waals surface area contributed by atoms with Crippen LogP contribution in [-0.2, 0) is 4.79 Å². The zero-order chi connectivity index (χ0) is 16.1. The van der Waals surface area contributed by atoms with Crippen LogP contribution in [-0.4, -0.2) is 39.3 Å². The molecule has 0 radical (unpaired) electrons. The van der Waals surface area contributed by atoms with E-state index in [4.69, 9.17) is 4.74 Å². The molecule has 1 aromatic rings. The molecule has 0 bridgehead atoms. The molecule has 0 saturated heterocycles. The summed E-state index contributed by atoms with van der Waals surface area (Å²) in [6.45, 7) is 1.55. The predicted molar refractivity (Wildman–Crippen MR) is 75.5 cm³/mol. The van der Waals surface area contributed by atoms with E-state index in [1.807, 2.05) is 0 Å². The third kappa shape index (κ3) is 2.02. The Bertz CT molecular complexity index is 640. The number of hydrogen-bond acceptors (Lipinski definition) is 6. The Labute approximate surface area is 127 Å². The van der Waals surface area contributed by atoms with Gasteiger partial charge >= 0.3 is 0 Å². The highest BCUT2D eigenvalue weighted by atomic mass is 16.6. The van der Waals surface area contributed by atoms with Crippen LogP contribution in [0.1, 0.15) is 30.1 Å². The van der Waals surface area contributed by atoms with E-state index in [-0.39, 0.29) is 29.6 Å². The first kappa shape index (κ1) is 15.0. The lowest BCUT2D eigenvalue weighted by Crippen LogP contribution is -2.61. The first-order chi connectivity index (χ1) is 10.4. The highest BCUT2D eigenvalue weighted by Crippen LogP contribution is 2.45. The molecule has 1 aromatic carbocycles. The number of hydrogen-bond donors (Lipinski definition) is 3. The third-order valence-electron chi connectivity index (χ3n) is 4.71. The number of carbonyl (C=O) groups excluding carboxylic acids is 2. The number of aliphatic hydroxyl groups excluding tert-OH is 1. The van der Waals surface area contributed by atoms with Gasteiger partial charge in [-0.2, -0.15) is 0 Å². The van der Waals surface area contributed by atoms with E-state index in [2.05, 4.69) is 0 Å². The maximum atomic E-state index is 12.6. The minimum absolute atomic E-state index is 0.0740. The van der Waals surface area contributed by atoms with Gasteiger partial charge in [-0.25, -0.2) is 0 Å². The Kier molecular flexibility index (Phi) is 3.45. The number of benzene rings is 1. The summed E-state index contributed by atoms with van der Waals surface area (Å²) in [7, 11) is 0. The number of phenols is 1. The Morgan fingerprint density at radius 2 is 2.09 bits per heavy atom. The first-order valence-corrected chi connectivity index (χ1v) is 7.32. The molecule has 1 saturated carbocycles. The number of phenolic OH excluding ortho intramolecular Hbond substituents is 1. The summed E-state index contributed by atoms with van der Waals surface area (Å²) in [6, 6.07) is 3.98. The Hall–Kier alpha value is -1.92. The number of aromatic hydroxyl groups is 1. The summed E-state index contributed by atoms with van der Waals surface area (Å²) < 4.78 is 5.48. The van der Waals surface area contributed by atoms with E-state index < -0.39 is 29.2 Å². The van der Waals surface area contributed by atoms with Crippen molar-refractivity contribution in [3.8, 4) is 11.5 Å². The topological polar surface area (TPSA) is 104 Å². The van der Waals surface area contributed by atoms with E-state index in [0.717, 1.165) is 0 Å². The second-order valence-corrected chi connectivity index (χ2v) is 6.10. The van der Waals surface area contributed by atoms with Crippen LogP contribution in [0.25, 0.3) is 0 Å². The molecule has 0 spiro atoms. The number of fused-ring (bicyclic) bond motifs is 2. The molecule has 0 amide bonds. The lowest BCUT2D eigenvalue weighted by molar-refractivity contribution is -0.202. The predicted octanol–water partition coefficient (Wildman–Crippen LogP) is 0.880. The molecule has 1 heterocycles. The highest BCUT2D eigenvalue weighted by molar-refractivity contribution is 6.07. The smallest absolute Gasteiger partial charge is 0.278 e. The van der Waals surface area contributed by atoms with Gasteiger partial charge in [-0.05, 0) is 37.0 Å². The van der Waals surface area contributed by atoms with Crippen molar-refractivity contribution in [2.24, 2.45) is 17.8 Å². The quantitative estimate of drug-likeness (QED) is 0.749. The number of carbonyl (C=O) groups is 2.